The maximum Gasteiger partial charge on any atom is 0.273 e. The van der Waals surface area contributed by atoms with Gasteiger partial charge in [-0.1, -0.05) is 42.8 Å². The van der Waals surface area contributed by atoms with Crippen molar-refractivity contribution in [2.75, 3.05) is 6.54 Å². The lowest BCUT2D eigenvalue weighted by atomic mass is 9.98. The van der Waals surface area contributed by atoms with Crippen molar-refractivity contribution in [1.82, 2.24) is 4.31 Å². The summed E-state index contributed by atoms with van der Waals surface area (Å²) in [4.78, 5) is 10.7. The molecule has 0 aliphatic carbocycles. The summed E-state index contributed by atoms with van der Waals surface area (Å²) in [6.07, 6.45) is 3.23. The first-order valence-corrected chi connectivity index (χ1v) is 10.1. The zero-order chi connectivity index (χ0) is 18.7. The molecule has 3 rings (SSSR count). The first-order valence-electron chi connectivity index (χ1n) is 8.71. The van der Waals surface area contributed by atoms with Gasteiger partial charge in [-0.15, -0.1) is 0 Å². The molecular weight excluding hydrogens is 352 g/mol. The SMILES string of the molecule is Cc1c([N+](=O)[O-])cccc1S(=O)(=O)N1CCCC[C@H]1Cc1ccccc1. The molecule has 0 bridgehead atoms. The second-order valence-corrected chi connectivity index (χ2v) is 8.47. The van der Waals surface area contributed by atoms with Crippen molar-refractivity contribution in [2.24, 2.45) is 0 Å². The third-order valence-electron chi connectivity index (χ3n) is 4.93. The van der Waals surface area contributed by atoms with Gasteiger partial charge in [0.1, 0.15) is 0 Å². The highest BCUT2D eigenvalue weighted by Crippen LogP contribution is 2.31. The van der Waals surface area contributed by atoms with E-state index in [2.05, 4.69) is 0 Å². The van der Waals surface area contributed by atoms with Crippen LogP contribution in [-0.4, -0.2) is 30.2 Å². The molecule has 0 amide bonds. The van der Waals surface area contributed by atoms with E-state index < -0.39 is 14.9 Å². The molecule has 1 saturated heterocycles. The molecule has 2 aromatic rings. The van der Waals surface area contributed by atoms with Crippen LogP contribution in [0.2, 0.25) is 0 Å². The molecule has 1 fully saturated rings. The van der Waals surface area contributed by atoms with E-state index in [4.69, 9.17) is 0 Å². The highest BCUT2D eigenvalue weighted by Gasteiger charge is 2.35. The van der Waals surface area contributed by atoms with E-state index in [9.17, 15) is 18.5 Å². The Balaban J connectivity index is 1.96. The maximum atomic E-state index is 13.3. The fourth-order valence-corrected chi connectivity index (χ4v) is 5.52. The standard InChI is InChI=1S/C19H22N2O4S/c1-15-18(21(22)23)11-7-12-19(15)26(24,25)20-13-6-5-10-17(20)14-16-8-3-2-4-9-16/h2-4,7-9,11-12,17H,5-6,10,13-14H2,1H3/t17-/m0/s1. The van der Waals surface area contributed by atoms with Gasteiger partial charge in [-0.2, -0.15) is 4.31 Å². The fraction of sp³-hybridized carbons (Fsp3) is 0.368. The first kappa shape index (κ1) is 18.5. The smallest absolute Gasteiger partial charge is 0.258 e. The molecule has 26 heavy (non-hydrogen) atoms. The van der Waals surface area contributed by atoms with Gasteiger partial charge >= 0.3 is 0 Å². The average molecular weight is 374 g/mol. The predicted molar refractivity (Wildman–Crippen MR) is 99.5 cm³/mol. The normalized spacial score (nSPS) is 18.6. The number of piperidine rings is 1. The lowest BCUT2D eigenvalue weighted by Crippen LogP contribution is -2.44. The summed E-state index contributed by atoms with van der Waals surface area (Å²) in [5, 5.41) is 11.2. The molecule has 0 saturated carbocycles. The number of nitro groups is 1. The lowest BCUT2D eigenvalue weighted by Gasteiger charge is -2.35. The van der Waals surface area contributed by atoms with Gasteiger partial charge in [0.25, 0.3) is 5.69 Å². The van der Waals surface area contributed by atoms with Crippen molar-refractivity contribution in [3.8, 4) is 0 Å². The van der Waals surface area contributed by atoms with Crippen molar-refractivity contribution in [3.63, 3.8) is 0 Å². The average Bonchev–Trinajstić information content (AvgIpc) is 2.62. The van der Waals surface area contributed by atoms with Gasteiger partial charge in [0, 0.05) is 24.2 Å². The highest BCUT2D eigenvalue weighted by atomic mass is 32.2. The van der Waals surface area contributed by atoms with Crippen molar-refractivity contribution in [2.45, 2.75) is 43.5 Å². The maximum absolute atomic E-state index is 13.3. The Labute approximate surface area is 153 Å². The molecule has 0 radical (unpaired) electrons. The second kappa shape index (κ2) is 7.55. The molecule has 1 aliphatic rings. The number of rotatable bonds is 5. The van der Waals surface area contributed by atoms with Crippen molar-refractivity contribution in [3.05, 3.63) is 69.8 Å². The van der Waals surface area contributed by atoms with Gasteiger partial charge in [0.2, 0.25) is 10.0 Å². The molecule has 2 aromatic carbocycles. The monoisotopic (exact) mass is 374 g/mol. The van der Waals surface area contributed by atoms with E-state index in [0.717, 1.165) is 24.8 Å². The molecule has 1 aliphatic heterocycles. The van der Waals surface area contributed by atoms with Crippen LogP contribution < -0.4 is 0 Å². The van der Waals surface area contributed by atoms with E-state index in [1.54, 1.807) is 0 Å². The molecule has 0 unspecified atom stereocenters. The number of benzene rings is 2. The number of sulfonamides is 1. The van der Waals surface area contributed by atoms with Gasteiger partial charge < -0.3 is 0 Å². The number of hydrogen-bond donors (Lipinski definition) is 0. The zero-order valence-corrected chi connectivity index (χ0v) is 15.5. The summed E-state index contributed by atoms with van der Waals surface area (Å²) in [6.45, 7) is 1.95. The Morgan fingerprint density at radius 2 is 1.85 bits per heavy atom. The van der Waals surface area contributed by atoms with E-state index in [-0.39, 0.29) is 22.2 Å². The van der Waals surface area contributed by atoms with E-state index in [0.29, 0.717) is 13.0 Å². The Bertz CT molecular complexity index is 897. The largest absolute Gasteiger partial charge is 0.273 e. The summed E-state index contributed by atoms with van der Waals surface area (Å²) >= 11 is 0. The van der Waals surface area contributed by atoms with Crippen LogP contribution >= 0.6 is 0 Å². The molecule has 1 atom stereocenters. The molecule has 7 heteroatoms. The predicted octanol–water partition coefficient (Wildman–Crippen LogP) is 3.69. The Morgan fingerprint density at radius 1 is 1.12 bits per heavy atom. The van der Waals surface area contributed by atoms with Crippen LogP contribution in [0.15, 0.2) is 53.4 Å². The molecule has 6 nitrogen and oxygen atoms in total. The summed E-state index contributed by atoms with van der Waals surface area (Å²) < 4.78 is 28.1. The minimum atomic E-state index is -3.79. The van der Waals surface area contributed by atoms with E-state index in [1.165, 1.54) is 29.4 Å². The van der Waals surface area contributed by atoms with Crippen LogP contribution in [0.1, 0.15) is 30.4 Å². The highest BCUT2D eigenvalue weighted by molar-refractivity contribution is 7.89. The lowest BCUT2D eigenvalue weighted by molar-refractivity contribution is -0.385. The van der Waals surface area contributed by atoms with Gasteiger partial charge in [-0.25, -0.2) is 8.42 Å². The summed E-state index contributed by atoms with van der Waals surface area (Å²) in [6, 6.07) is 13.9. The van der Waals surface area contributed by atoms with Gasteiger partial charge in [-0.05, 0) is 37.8 Å². The third-order valence-corrected chi connectivity index (χ3v) is 7.02. The Morgan fingerprint density at radius 3 is 2.54 bits per heavy atom. The Kier molecular flexibility index (Phi) is 5.38. The van der Waals surface area contributed by atoms with E-state index >= 15 is 0 Å². The molecule has 0 aromatic heterocycles. The minimum absolute atomic E-state index is 0.0339. The number of nitro benzene ring substituents is 1. The second-order valence-electron chi connectivity index (χ2n) is 6.61. The van der Waals surface area contributed by atoms with Gasteiger partial charge in [0.05, 0.1) is 9.82 Å². The van der Waals surface area contributed by atoms with Crippen molar-refractivity contribution in [1.29, 1.82) is 0 Å². The molecule has 138 valence electrons. The molecular formula is C19H22N2O4S. The van der Waals surface area contributed by atoms with Crippen LogP contribution in [0, 0.1) is 17.0 Å². The van der Waals surface area contributed by atoms with Crippen LogP contribution in [0.5, 0.6) is 0 Å². The van der Waals surface area contributed by atoms with Crippen LogP contribution in [0.3, 0.4) is 0 Å². The summed E-state index contributed by atoms with van der Waals surface area (Å²) in [5.41, 5.74) is 1.12. The zero-order valence-electron chi connectivity index (χ0n) is 14.7. The van der Waals surface area contributed by atoms with Crippen molar-refractivity contribution < 1.29 is 13.3 Å². The minimum Gasteiger partial charge on any atom is -0.258 e. The van der Waals surface area contributed by atoms with Crippen LogP contribution in [0.4, 0.5) is 5.69 Å². The summed E-state index contributed by atoms with van der Waals surface area (Å²) in [5.74, 6) is 0. The number of nitrogens with zero attached hydrogens (tertiary/aromatic N) is 2. The number of hydrogen-bond acceptors (Lipinski definition) is 4. The van der Waals surface area contributed by atoms with E-state index in [1.807, 2.05) is 30.3 Å². The van der Waals surface area contributed by atoms with Gasteiger partial charge in [0.15, 0.2) is 0 Å². The summed E-state index contributed by atoms with van der Waals surface area (Å²) in [7, 11) is -3.79. The molecule has 0 spiro atoms. The quantitative estimate of drug-likeness (QED) is 0.590. The fourth-order valence-electron chi connectivity index (χ4n) is 3.59. The first-order chi connectivity index (χ1) is 12.4. The van der Waals surface area contributed by atoms with Crippen molar-refractivity contribution >= 4 is 15.7 Å². The van der Waals surface area contributed by atoms with Crippen LogP contribution in [-0.2, 0) is 16.4 Å². The third kappa shape index (κ3) is 3.64. The Hall–Kier alpha value is -2.25. The molecule has 0 N–H and O–H groups in total. The topological polar surface area (TPSA) is 80.5 Å². The molecule has 1 heterocycles. The van der Waals surface area contributed by atoms with Gasteiger partial charge in [-0.3, -0.25) is 10.1 Å². The van der Waals surface area contributed by atoms with Crippen LogP contribution in [0.25, 0.3) is 0 Å².